The molecule has 15 unspecified atom stereocenters. The molecule has 49 heavy (non-hydrogen) atoms. The number of epoxide rings is 1. The molecule has 0 aromatic carbocycles. The van der Waals surface area contributed by atoms with Crippen molar-refractivity contribution in [3.8, 4) is 0 Å². The number of ketones is 1. The number of cyclic esters (lactones) is 1. The van der Waals surface area contributed by atoms with Crippen LogP contribution in [0.15, 0.2) is 24.0 Å². The van der Waals surface area contributed by atoms with Crippen molar-refractivity contribution in [3.63, 3.8) is 0 Å². The highest BCUT2D eigenvalue weighted by Gasteiger charge is 2.95. The first-order valence-electron chi connectivity index (χ1n) is 16.6. The molecule has 15 heteroatoms. The fraction of sp³-hybridized carbons (Fsp3) is 0.735. The third kappa shape index (κ3) is 3.44. The Morgan fingerprint density at radius 2 is 1.80 bits per heavy atom. The number of hydrogen-bond donors (Lipinski definition) is 2. The lowest BCUT2D eigenvalue weighted by molar-refractivity contribution is -0.306. The Kier molecular flexibility index (Phi) is 6.63. The van der Waals surface area contributed by atoms with Crippen LogP contribution < -0.4 is 0 Å². The van der Waals surface area contributed by atoms with E-state index in [0.717, 1.165) is 7.11 Å². The van der Waals surface area contributed by atoms with Gasteiger partial charge < -0.3 is 48.1 Å². The number of carbonyl (C=O) groups is 5. The molecule has 266 valence electrons. The molecule has 1 spiro atoms. The second kappa shape index (κ2) is 9.90. The van der Waals surface area contributed by atoms with E-state index < -0.39 is 124 Å². The summed E-state index contributed by atoms with van der Waals surface area (Å²) in [6, 6.07) is 0. The van der Waals surface area contributed by atoms with E-state index in [1.54, 1.807) is 33.8 Å². The number of ether oxygens (including phenoxy) is 8. The third-order valence-corrected chi connectivity index (χ3v) is 13.6. The topological polar surface area (TPSA) is 203 Å². The van der Waals surface area contributed by atoms with Crippen LogP contribution in [0.1, 0.15) is 47.5 Å². The van der Waals surface area contributed by atoms with Gasteiger partial charge in [0.05, 0.1) is 49.6 Å². The SMILES string of the molecule is CC=C(C)C(=O)OC1CC(OC(C)=O)C2(C(=O)OC)COC3C2C12COC(=O)C(=O)C2C(C)(C12OC1(C)C1CC2OC2OC=CC21O)C3O. The minimum Gasteiger partial charge on any atom is -0.469 e. The molecule has 3 saturated carbocycles. The van der Waals surface area contributed by atoms with Crippen LogP contribution in [0, 0.1) is 34.0 Å². The molecule has 2 bridgehead atoms. The van der Waals surface area contributed by atoms with Crippen molar-refractivity contribution in [2.45, 2.75) is 101 Å². The predicted octanol–water partition coefficient (Wildman–Crippen LogP) is 0.0310. The Balaban J connectivity index is 1.37. The number of allylic oxidation sites excluding steroid dienone is 1. The van der Waals surface area contributed by atoms with Crippen LogP contribution in [0.25, 0.3) is 0 Å². The number of aliphatic hydroxyl groups is 2. The van der Waals surface area contributed by atoms with Gasteiger partial charge in [-0.1, -0.05) is 13.0 Å². The van der Waals surface area contributed by atoms with Crippen molar-refractivity contribution >= 4 is 29.7 Å². The number of carbonyl (C=O) groups excluding carboxylic acids is 5. The van der Waals surface area contributed by atoms with E-state index in [4.69, 9.17) is 37.9 Å². The zero-order valence-corrected chi connectivity index (χ0v) is 28.0. The lowest BCUT2D eigenvalue weighted by atomic mass is 9.37. The van der Waals surface area contributed by atoms with Gasteiger partial charge in [-0.15, -0.1) is 0 Å². The van der Waals surface area contributed by atoms with E-state index in [2.05, 4.69) is 0 Å². The molecule has 8 aliphatic rings. The highest BCUT2D eigenvalue weighted by molar-refractivity contribution is 6.35. The summed E-state index contributed by atoms with van der Waals surface area (Å²) in [5.41, 5.74) is -9.31. The van der Waals surface area contributed by atoms with Gasteiger partial charge in [0.1, 0.15) is 35.4 Å². The monoisotopic (exact) mass is 688 g/mol. The van der Waals surface area contributed by atoms with Gasteiger partial charge in [0.25, 0.3) is 0 Å². The van der Waals surface area contributed by atoms with Crippen LogP contribution in [-0.4, -0.2) is 114 Å². The maximum atomic E-state index is 14.6. The fourth-order valence-corrected chi connectivity index (χ4v) is 11.7. The molecule has 15 nitrogen and oxygen atoms in total. The summed E-state index contributed by atoms with van der Waals surface area (Å²) >= 11 is 0. The maximum Gasteiger partial charge on any atom is 0.374 e. The molecule has 3 aliphatic carbocycles. The summed E-state index contributed by atoms with van der Waals surface area (Å²) in [6.45, 7) is 6.86. The van der Waals surface area contributed by atoms with E-state index in [9.17, 15) is 34.2 Å². The Bertz CT molecular complexity index is 1640. The van der Waals surface area contributed by atoms with Gasteiger partial charge in [0.2, 0.25) is 12.1 Å². The van der Waals surface area contributed by atoms with Crippen molar-refractivity contribution in [1.82, 2.24) is 0 Å². The lowest BCUT2D eigenvalue weighted by Gasteiger charge is -2.67. The Morgan fingerprint density at radius 1 is 1.06 bits per heavy atom. The molecule has 0 amide bonds. The lowest BCUT2D eigenvalue weighted by Crippen LogP contribution is -2.80. The molecule has 0 aromatic rings. The van der Waals surface area contributed by atoms with Crippen LogP contribution in [0.2, 0.25) is 0 Å². The first kappa shape index (κ1) is 32.8. The van der Waals surface area contributed by atoms with Gasteiger partial charge in [-0.05, 0) is 33.3 Å². The number of fused-ring (bicyclic) bond motifs is 7. The number of hydrogen-bond acceptors (Lipinski definition) is 15. The zero-order valence-electron chi connectivity index (χ0n) is 28.0. The van der Waals surface area contributed by atoms with Crippen LogP contribution in [0.3, 0.4) is 0 Å². The minimum atomic E-state index is -1.80. The number of aliphatic hydroxyl groups excluding tert-OH is 1. The van der Waals surface area contributed by atoms with Crippen molar-refractivity contribution in [2.24, 2.45) is 34.0 Å². The van der Waals surface area contributed by atoms with E-state index >= 15 is 0 Å². The number of Topliss-reactive ketones (excluding diaryl/α,β-unsaturated/α-hetero) is 1. The Hall–Kier alpha value is -3.37. The van der Waals surface area contributed by atoms with Gasteiger partial charge in [0.15, 0.2) is 5.60 Å². The molecule has 8 rings (SSSR count). The highest BCUT2D eigenvalue weighted by atomic mass is 16.7. The fourth-order valence-electron chi connectivity index (χ4n) is 11.7. The largest absolute Gasteiger partial charge is 0.469 e. The quantitative estimate of drug-likeness (QED) is 0.129. The third-order valence-electron chi connectivity index (χ3n) is 13.6. The molecule has 2 N–H and O–H groups in total. The summed E-state index contributed by atoms with van der Waals surface area (Å²) in [4.78, 5) is 68.2. The van der Waals surface area contributed by atoms with E-state index in [-0.39, 0.29) is 25.0 Å². The van der Waals surface area contributed by atoms with Gasteiger partial charge >= 0.3 is 23.9 Å². The summed E-state index contributed by atoms with van der Waals surface area (Å²) in [6.07, 6.45) is -2.99. The van der Waals surface area contributed by atoms with E-state index in [0.29, 0.717) is 0 Å². The summed E-state index contributed by atoms with van der Waals surface area (Å²) in [5.74, 6) is -7.84. The molecule has 0 aromatic heterocycles. The Morgan fingerprint density at radius 3 is 2.47 bits per heavy atom. The van der Waals surface area contributed by atoms with E-state index in [1.807, 2.05) is 0 Å². The van der Waals surface area contributed by atoms with Crippen molar-refractivity contribution in [3.05, 3.63) is 24.0 Å². The van der Waals surface area contributed by atoms with Crippen LogP contribution >= 0.6 is 0 Å². The standard InChI is InChI=1S/C34H40O15/c1-7-14(2)25(38)47-17-11-18(46-15(3)35)32(27(40)42-6)13-44-21-23(32)31(17)12-45-26(39)20(36)22(31)29(4,24(21)37)34-19-10-16(30(34,5)49-34)33(41)8-9-43-28(33)48-19/h7-9,16-19,21-24,28,37,41H,10-13H2,1-6H3. The smallest absolute Gasteiger partial charge is 0.374 e. The second-order valence-corrected chi connectivity index (χ2v) is 15.2. The minimum absolute atomic E-state index is 0.237. The maximum absolute atomic E-state index is 14.6. The van der Waals surface area contributed by atoms with E-state index in [1.165, 1.54) is 19.3 Å². The average Bonchev–Trinajstić information content (AvgIpc) is 3.32. The van der Waals surface area contributed by atoms with Crippen molar-refractivity contribution < 1.29 is 72.1 Å². The summed E-state index contributed by atoms with van der Waals surface area (Å²) < 4.78 is 47.9. The highest BCUT2D eigenvalue weighted by Crippen LogP contribution is 2.81. The number of esters is 4. The predicted molar refractivity (Wildman–Crippen MR) is 157 cm³/mol. The summed E-state index contributed by atoms with van der Waals surface area (Å²) in [7, 11) is 1.16. The second-order valence-electron chi connectivity index (χ2n) is 15.2. The van der Waals surface area contributed by atoms with Crippen molar-refractivity contribution in [2.75, 3.05) is 20.3 Å². The van der Waals surface area contributed by atoms with Gasteiger partial charge in [-0.3, -0.25) is 14.4 Å². The number of rotatable bonds is 5. The van der Waals surface area contributed by atoms with Gasteiger partial charge in [-0.2, -0.15) is 0 Å². The summed E-state index contributed by atoms with van der Waals surface area (Å²) in [5, 5.41) is 24.5. The van der Waals surface area contributed by atoms with Crippen LogP contribution in [0.5, 0.6) is 0 Å². The average molecular weight is 689 g/mol. The van der Waals surface area contributed by atoms with Crippen LogP contribution in [0.4, 0.5) is 0 Å². The van der Waals surface area contributed by atoms with Gasteiger partial charge in [-0.25, -0.2) is 9.59 Å². The molecule has 7 fully saturated rings. The first-order chi connectivity index (χ1) is 23.1. The molecular weight excluding hydrogens is 648 g/mol. The molecule has 5 heterocycles. The molecular formula is C34H40O15. The molecule has 15 atom stereocenters. The molecule has 5 aliphatic heterocycles. The number of methoxy groups -OCH3 is 1. The molecule has 0 radical (unpaired) electrons. The Labute approximate surface area is 281 Å². The van der Waals surface area contributed by atoms with Crippen LogP contribution in [-0.2, 0) is 61.9 Å². The first-order valence-corrected chi connectivity index (χ1v) is 16.6. The zero-order chi connectivity index (χ0) is 35.3. The van der Waals surface area contributed by atoms with Crippen molar-refractivity contribution in [1.29, 1.82) is 0 Å². The normalized spacial score (nSPS) is 52.9. The molecule has 4 saturated heterocycles. The van der Waals surface area contributed by atoms with Gasteiger partial charge in [0, 0.05) is 36.2 Å².